The lowest BCUT2D eigenvalue weighted by Crippen LogP contribution is -2.39. The molecule has 0 radical (unpaired) electrons. The second-order valence-electron chi connectivity index (χ2n) is 5.31. The molecule has 104 valence electrons. The molecule has 20 heavy (non-hydrogen) atoms. The molecule has 1 N–H and O–H groups in total. The molecule has 0 spiro atoms. The number of nitrogens with one attached hydrogen (secondary N) is 1. The molecule has 0 aliphatic heterocycles. The summed E-state index contributed by atoms with van der Waals surface area (Å²) in [7, 11) is 0. The number of hydroxylamine groups is 1. The van der Waals surface area contributed by atoms with Crippen LogP contribution >= 0.6 is 11.6 Å². The SMILES string of the molecule is Clc1ccc(C2CC(NOCc3ccccc3)C2)cc1. The van der Waals surface area contributed by atoms with Gasteiger partial charge in [-0.25, -0.2) is 0 Å². The van der Waals surface area contributed by atoms with Crippen molar-refractivity contribution in [2.75, 3.05) is 0 Å². The highest BCUT2D eigenvalue weighted by Crippen LogP contribution is 2.37. The van der Waals surface area contributed by atoms with E-state index in [9.17, 15) is 0 Å². The van der Waals surface area contributed by atoms with E-state index in [2.05, 4.69) is 29.7 Å². The Morgan fingerprint density at radius 3 is 2.40 bits per heavy atom. The third-order valence-corrected chi connectivity index (χ3v) is 4.06. The fourth-order valence-electron chi connectivity index (χ4n) is 2.54. The van der Waals surface area contributed by atoms with Crippen LogP contribution in [0.3, 0.4) is 0 Å². The van der Waals surface area contributed by atoms with Crippen LogP contribution in [0, 0.1) is 0 Å². The van der Waals surface area contributed by atoms with E-state index in [4.69, 9.17) is 16.4 Å². The summed E-state index contributed by atoms with van der Waals surface area (Å²) < 4.78 is 0. The zero-order valence-electron chi connectivity index (χ0n) is 11.3. The van der Waals surface area contributed by atoms with Gasteiger partial charge in [-0.2, -0.15) is 5.48 Å². The lowest BCUT2D eigenvalue weighted by atomic mass is 9.76. The Balaban J connectivity index is 1.39. The van der Waals surface area contributed by atoms with E-state index in [0.717, 1.165) is 17.9 Å². The largest absolute Gasteiger partial charge is 0.297 e. The maximum absolute atomic E-state index is 5.90. The summed E-state index contributed by atoms with van der Waals surface area (Å²) in [5.74, 6) is 0.630. The maximum Gasteiger partial charge on any atom is 0.0933 e. The number of benzene rings is 2. The van der Waals surface area contributed by atoms with Crippen LogP contribution in [-0.2, 0) is 11.4 Å². The summed E-state index contributed by atoms with van der Waals surface area (Å²) >= 11 is 5.90. The highest BCUT2D eigenvalue weighted by Gasteiger charge is 2.30. The molecule has 2 aromatic rings. The third kappa shape index (κ3) is 3.40. The average molecular weight is 288 g/mol. The highest BCUT2D eigenvalue weighted by atomic mass is 35.5. The first-order valence-electron chi connectivity index (χ1n) is 6.98. The minimum absolute atomic E-state index is 0.458. The van der Waals surface area contributed by atoms with Gasteiger partial charge >= 0.3 is 0 Å². The second kappa shape index (κ2) is 6.40. The van der Waals surface area contributed by atoms with E-state index in [0.29, 0.717) is 18.6 Å². The number of hydrogen-bond donors (Lipinski definition) is 1. The van der Waals surface area contributed by atoms with Crippen molar-refractivity contribution in [3.8, 4) is 0 Å². The third-order valence-electron chi connectivity index (χ3n) is 3.81. The van der Waals surface area contributed by atoms with E-state index in [-0.39, 0.29) is 0 Å². The van der Waals surface area contributed by atoms with Crippen LogP contribution in [0.4, 0.5) is 0 Å². The molecule has 0 heterocycles. The first kappa shape index (κ1) is 13.6. The Morgan fingerprint density at radius 1 is 1.00 bits per heavy atom. The number of halogens is 1. The van der Waals surface area contributed by atoms with Crippen molar-refractivity contribution in [1.29, 1.82) is 0 Å². The van der Waals surface area contributed by atoms with Gasteiger partial charge in [-0.05, 0) is 42.0 Å². The molecule has 1 aliphatic carbocycles. The monoisotopic (exact) mass is 287 g/mol. The van der Waals surface area contributed by atoms with E-state index >= 15 is 0 Å². The summed E-state index contributed by atoms with van der Waals surface area (Å²) in [6.45, 7) is 0.614. The Labute approximate surface area is 124 Å². The second-order valence-corrected chi connectivity index (χ2v) is 5.75. The topological polar surface area (TPSA) is 21.3 Å². The molecule has 1 aliphatic rings. The van der Waals surface area contributed by atoms with Crippen LogP contribution in [0.15, 0.2) is 54.6 Å². The molecule has 0 amide bonds. The zero-order chi connectivity index (χ0) is 13.8. The van der Waals surface area contributed by atoms with Gasteiger partial charge in [-0.1, -0.05) is 54.1 Å². The van der Waals surface area contributed by atoms with Gasteiger partial charge in [0.1, 0.15) is 0 Å². The summed E-state index contributed by atoms with van der Waals surface area (Å²) in [5.41, 5.74) is 5.71. The van der Waals surface area contributed by atoms with Gasteiger partial charge in [0.15, 0.2) is 0 Å². The van der Waals surface area contributed by atoms with Gasteiger partial charge in [-0.3, -0.25) is 4.84 Å². The highest BCUT2D eigenvalue weighted by molar-refractivity contribution is 6.30. The minimum atomic E-state index is 0.458. The molecule has 0 aromatic heterocycles. The van der Waals surface area contributed by atoms with Gasteiger partial charge in [0.05, 0.1) is 6.61 Å². The van der Waals surface area contributed by atoms with Crippen molar-refractivity contribution >= 4 is 11.6 Å². The van der Waals surface area contributed by atoms with Crippen molar-refractivity contribution < 1.29 is 4.84 Å². The number of rotatable bonds is 5. The van der Waals surface area contributed by atoms with E-state index in [1.165, 1.54) is 11.1 Å². The Morgan fingerprint density at radius 2 is 1.70 bits per heavy atom. The predicted octanol–water partition coefficient (Wildman–Crippen LogP) is 4.31. The minimum Gasteiger partial charge on any atom is -0.297 e. The molecular formula is C17H18ClNO. The van der Waals surface area contributed by atoms with Crippen molar-refractivity contribution in [2.45, 2.75) is 31.4 Å². The normalized spacial score (nSPS) is 21.4. The Kier molecular flexibility index (Phi) is 4.36. The summed E-state index contributed by atoms with van der Waals surface area (Å²) in [4.78, 5) is 5.56. The van der Waals surface area contributed by atoms with Gasteiger partial charge in [0.2, 0.25) is 0 Å². The molecule has 1 saturated carbocycles. The average Bonchev–Trinajstić information content (AvgIpc) is 2.44. The van der Waals surface area contributed by atoms with Crippen molar-refractivity contribution in [3.63, 3.8) is 0 Å². The zero-order valence-corrected chi connectivity index (χ0v) is 12.0. The van der Waals surface area contributed by atoms with Crippen LogP contribution in [-0.4, -0.2) is 6.04 Å². The quantitative estimate of drug-likeness (QED) is 0.828. The molecule has 0 atom stereocenters. The molecule has 2 aromatic carbocycles. The lowest BCUT2D eigenvalue weighted by molar-refractivity contribution is -0.0197. The molecule has 0 bridgehead atoms. The standard InChI is InChI=1S/C17H18ClNO/c18-16-8-6-14(7-9-16)15-10-17(11-15)19-20-12-13-4-2-1-3-5-13/h1-9,15,17,19H,10-12H2. The molecule has 2 nitrogen and oxygen atoms in total. The molecule has 0 saturated heterocycles. The molecule has 3 rings (SSSR count). The summed E-state index contributed by atoms with van der Waals surface area (Å²) in [6, 6.07) is 18.8. The van der Waals surface area contributed by atoms with Crippen LogP contribution in [0.2, 0.25) is 5.02 Å². The Bertz CT molecular complexity index is 535. The molecule has 3 heteroatoms. The van der Waals surface area contributed by atoms with Gasteiger partial charge in [0.25, 0.3) is 0 Å². The van der Waals surface area contributed by atoms with Crippen LogP contribution < -0.4 is 5.48 Å². The summed E-state index contributed by atoms with van der Waals surface area (Å²) in [5, 5.41) is 0.800. The van der Waals surface area contributed by atoms with Crippen molar-refractivity contribution in [1.82, 2.24) is 5.48 Å². The predicted molar refractivity (Wildman–Crippen MR) is 81.6 cm³/mol. The molecule has 0 unspecified atom stereocenters. The van der Waals surface area contributed by atoms with Crippen LogP contribution in [0.1, 0.15) is 29.9 Å². The first-order chi connectivity index (χ1) is 9.81. The summed E-state index contributed by atoms with van der Waals surface area (Å²) in [6.07, 6.45) is 2.24. The number of hydrogen-bond acceptors (Lipinski definition) is 2. The first-order valence-corrected chi connectivity index (χ1v) is 7.36. The lowest BCUT2D eigenvalue weighted by Gasteiger charge is -2.35. The van der Waals surface area contributed by atoms with Gasteiger partial charge in [0, 0.05) is 11.1 Å². The molecular weight excluding hydrogens is 270 g/mol. The smallest absolute Gasteiger partial charge is 0.0933 e. The van der Waals surface area contributed by atoms with E-state index < -0.39 is 0 Å². The fourth-order valence-corrected chi connectivity index (χ4v) is 2.66. The maximum atomic E-state index is 5.90. The Hall–Kier alpha value is -1.35. The van der Waals surface area contributed by atoms with Gasteiger partial charge < -0.3 is 0 Å². The van der Waals surface area contributed by atoms with E-state index in [1.54, 1.807) is 0 Å². The van der Waals surface area contributed by atoms with Crippen LogP contribution in [0.5, 0.6) is 0 Å². The fraction of sp³-hybridized carbons (Fsp3) is 0.294. The van der Waals surface area contributed by atoms with E-state index in [1.807, 2.05) is 30.3 Å². The van der Waals surface area contributed by atoms with Crippen molar-refractivity contribution in [2.24, 2.45) is 0 Å². The molecule has 1 fully saturated rings. The van der Waals surface area contributed by atoms with Crippen molar-refractivity contribution in [3.05, 3.63) is 70.7 Å². The van der Waals surface area contributed by atoms with Gasteiger partial charge in [-0.15, -0.1) is 0 Å². The van der Waals surface area contributed by atoms with Crippen LogP contribution in [0.25, 0.3) is 0 Å².